The highest BCUT2D eigenvalue weighted by atomic mass is 19.1. The largest absolute Gasteiger partial charge is 0.484 e. The van der Waals surface area contributed by atoms with Gasteiger partial charge in [0, 0.05) is 11.8 Å². The van der Waals surface area contributed by atoms with Gasteiger partial charge in [-0.15, -0.1) is 0 Å². The number of carbonyl (C=O) groups is 2. The van der Waals surface area contributed by atoms with Gasteiger partial charge in [0.25, 0.3) is 11.8 Å². The van der Waals surface area contributed by atoms with Crippen molar-refractivity contribution in [1.82, 2.24) is 5.32 Å². The molecule has 2 amide bonds. The van der Waals surface area contributed by atoms with Gasteiger partial charge in [-0.3, -0.25) is 9.59 Å². The average molecular weight is 410 g/mol. The number of carbonyl (C=O) groups excluding carboxylic acids is 2. The summed E-state index contributed by atoms with van der Waals surface area (Å²) < 4.78 is 23.8. The molecule has 0 saturated heterocycles. The van der Waals surface area contributed by atoms with Crippen molar-refractivity contribution in [2.75, 3.05) is 11.9 Å². The van der Waals surface area contributed by atoms with Gasteiger partial charge in [-0.2, -0.15) is 0 Å². The monoisotopic (exact) mass is 410 g/mol. The zero-order valence-corrected chi connectivity index (χ0v) is 16.7. The molecule has 3 rings (SSSR count). The number of halogens is 1. The van der Waals surface area contributed by atoms with Crippen LogP contribution >= 0.6 is 0 Å². The second-order valence-corrected chi connectivity index (χ2v) is 7.09. The molecule has 0 radical (unpaired) electrons. The smallest absolute Gasteiger partial charge is 0.291 e. The van der Waals surface area contributed by atoms with Crippen LogP contribution in [0.25, 0.3) is 0 Å². The summed E-state index contributed by atoms with van der Waals surface area (Å²) in [5, 5.41) is 5.62. The van der Waals surface area contributed by atoms with E-state index in [4.69, 9.17) is 9.15 Å². The van der Waals surface area contributed by atoms with E-state index in [-0.39, 0.29) is 42.0 Å². The van der Waals surface area contributed by atoms with Crippen LogP contribution in [0.3, 0.4) is 0 Å². The Morgan fingerprint density at radius 1 is 1.07 bits per heavy atom. The number of hydrogen-bond acceptors (Lipinski definition) is 4. The molecule has 1 heterocycles. The van der Waals surface area contributed by atoms with E-state index in [1.807, 2.05) is 13.8 Å². The van der Waals surface area contributed by atoms with Crippen LogP contribution in [0.5, 0.6) is 5.75 Å². The van der Waals surface area contributed by atoms with Crippen LogP contribution in [0.2, 0.25) is 0 Å². The summed E-state index contributed by atoms with van der Waals surface area (Å²) in [6, 6.07) is 15.7. The van der Waals surface area contributed by atoms with Crippen molar-refractivity contribution in [2.24, 2.45) is 5.92 Å². The Kier molecular flexibility index (Phi) is 6.85. The van der Waals surface area contributed by atoms with Crippen molar-refractivity contribution < 1.29 is 23.1 Å². The Labute approximate surface area is 174 Å². The van der Waals surface area contributed by atoms with Crippen LogP contribution in [0.15, 0.2) is 71.3 Å². The topological polar surface area (TPSA) is 80.6 Å². The minimum Gasteiger partial charge on any atom is -0.484 e. The zero-order valence-electron chi connectivity index (χ0n) is 16.7. The van der Waals surface area contributed by atoms with E-state index in [1.54, 1.807) is 48.5 Å². The summed E-state index contributed by atoms with van der Waals surface area (Å²) in [7, 11) is 0. The van der Waals surface area contributed by atoms with Gasteiger partial charge in [-0.1, -0.05) is 32.0 Å². The summed E-state index contributed by atoms with van der Waals surface area (Å²) in [6.45, 7) is 3.75. The molecule has 30 heavy (non-hydrogen) atoms. The molecule has 0 aliphatic rings. The number of hydrogen-bond donors (Lipinski definition) is 2. The van der Waals surface area contributed by atoms with Gasteiger partial charge in [-0.05, 0) is 47.9 Å². The van der Waals surface area contributed by atoms with Crippen LogP contribution in [-0.2, 0) is 4.79 Å². The number of anilines is 1. The van der Waals surface area contributed by atoms with Crippen molar-refractivity contribution in [2.45, 2.75) is 19.9 Å². The first-order valence-electron chi connectivity index (χ1n) is 9.55. The van der Waals surface area contributed by atoms with Gasteiger partial charge >= 0.3 is 0 Å². The standard InChI is InChI=1S/C23H23FN2O4/c1-15(2)22(16-8-10-17(24)11-9-16)26-21(27)14-30-19-6-3-5-18(13-19)25-23(28)20-7-4-12-29-20/h3-13,15,22H,14H2,1-2H3,(H,25,28)(H,26,27). The lowest BCUT2D eigenvalue weighted by molar-refractivity contribution is -0.124. The van der Waals surface area contributed by atoms with Gasteiger partial charge < -0.3 is 19.8 Å². The Hall–Kier alpha value is -3.61. The van der Waals surface area contributed by atoms with Crippen molar-refractivity contribution in [3.05, 3.63) is 84.1 Å². The Bertz CT molecular complexity index is 985. The van der Waals surface area contributed by atoms with E-state index in [0.29, 0.717) is 11.4 Å². The second kappa shape index (κ2) is 9.73. The maximum atomic E-state index is 13.2. The molecule has 0 saturated carbocycles. The molecule has 2 N–H and O–H groups in total. The second-order valence-electron chi connectivity index (χ2n) is 7.09. The molecule has 0 spiro atoms. The van der Waals surface area contributed by atoms with Crippen LogP contribution in [0.4, 0.5) is 10.1 Å². The fourth-order valence-corrected chi connectivity index (χ4v) is 2.93. The molecule has 0 aliphatic heterocycles. The predicted octanol–water partition coefficient (Wildman–Crippen LogP) is 4.56. The maximum Gasteiger partial charge on any atom is 0.291 e. The Morgan fingerprint density at radius 2 is 1.83 bits per heavy atom. The Morgan fingerprint density at radius 3 is 2.50 bits per heavy atom. The third-order valence-corrected chi connectivity index (χ3v) is 4.42. The molecule has 3 aromatic rings. The van der Waals surface area contributed by atoms with E-state index in [1.165, 1.54) is 18.4 Å². The first kappa shape index (κ1) is 21.1. The number of benzene rings is 2. The third-order valence-electron chi connectivity index (χ3n) is 4.42. The number of ether oxygens (including phenoxy) is 1. The first-order chi connectivity index (χ1) is 14.4. The molecular weight excluding hydrogens is 387 g/mol. The SMILES string of the molecule is CC(C)C(NC(=O)COc1cccc(NC(=O)c2ccco2)c1)c1ccc(F)cc1. The summed E-state index contributed by atoms with van der Waals surface area (Å²) in [6.07, 6.45) is 1.42. The molecule has 6 nitrogen and oxygen atoms in total. The highest BCUT2D eigenvalue weighted by Gasteiger charge is 2.19. The molecule has 0 aliphatic carbocycles. The van der Waals surface area contributed by atoms with Gasteiger partial charge in [0.15, 0.2) is 12.4 Å². The van der Waals surface area contributed by atoms with Crippen molar-refractivity contribution in [3.8, 4) is 5.75 Å². The molecule has 1 atom stereocenters. The molecule has 1 unspecified atom stereocenters. The molecule has 2 aromatic carbocycles. The molecule has 0 fully saturated rings. The number of rotatable bonds is 8. The third kappa shape index (κ3) is 5.70. The lowest BCUT2D eigenvalue weighted by Gasteiger charge is -2.23. The molecule has 0 bridgehead atoms. The number of nitrogens with one attached hydrogen (secondary N) is 2. The van der Waals surface area contributed by atoms with Crippen molar-refractivity contribution in [1.29, 1.82) is 0 Å². The summed E-state index contributed by atoms with van der Waals surface area (Å²) in [5.74, 6) is -0.266. The molecule has 156 valence electrons. The average Bonchev–Trinajstić information content (AvgIpc) is 3.26. The molecule has 7 heteroatoms. The fraction of sp³-hybridized carbons (Fsp3) is 0.217. The van der Waals surface area contributed by atoms with Gasteiger partial charge in [0.1, 0.15) is 11.6 Å². The van der Waals surface area contributed by atoms with Gasteiger partial charge in [0.2, 0.25) is 0 Å². The predicted molar refractivity (Wildman–Crippen MR) is 111 cm³/mol. The van der Waals surface area contributed by atoms with Gasteiger partial charge in [0.05, 0.1) is 12.3 Å². The van der Waals surface area contributed by atoms with E-state index >= 15 is 0 Å². The minimum atomic E-state index is -0.381. The molecule has 1 aromatic heterocycles. The Balaban J connectivity index is 1.57. The molecular formula is C23H23FN2O4. The highest BCUT2D eigenvalue weighted by molar-refractivity contribution is 6.02. The quantitative estimate of drug-likeness (QED) is 0.570. The van der Waals surface area contributed by atoms with Gasteiger partial charge in [-0.25, -0.2) is 4.39 Å². The summed E-state index contributed by atoms with van der Waals surface area (Å²) >= 11 is 0. The maximum absolute atomic E-state index is 13.2. The van der Waals surface area contributed by atoms with E-state index in [0.717, 1.165) is 5.56 Å². The zero-order chi connectivity index (χ0) is 21.5. The van der Waals surface area contributed by atoms with Crippen LogP contribution in [0, 0.1) is 11.7 Å². The summed E-state index contributed by atoms with van der Waals surface area (Å²) in [4.78, 5) is 24.5. The lowest BCUT2D eigenvalue weighted by atomic mass is 9.96. The van der Waals surface area contributed by atoms with E-state index in [9.17, 15) is 14.0 Å². The normalized spacial score (nSPS) is 11.7. The van der Waals surface area contributed by atoms with Crippen LogP contribution in [-0.4, -0.2) is 18.4 Å². The lowest BCUT2D eigenvalue weighted by Crippen LogP contribution is -2.35. The van der Waals surface area contributed by atoms with Crippen molar-refractivity contribution >= 4 is 17.5 Å². The highest BCUT2D eigenvalue weighted by Crippen LogP contribution is 2.22. The van der Waals surface area contributed by atoms with Crippen molar-refractivity contribution in [3.63, 3.8) is 0 Å². The van der Waals surface area contributed by atoms with Crippen LogP contribution < -0.4 is 15.4 Å². The minimum absolute atomic E-state index is 0.111. The van der Waals surface area contributed by atoms with E-state index in [2.05, 4.69) is 10.6 Å². The first-order valence-corrected chi connectivity index (χ1v) is 9.55. The number of furan rings is 1. The summed E-state index contributed by atoms with van der Waals surface area (Å²) in [5.41, 5.74) is 1.34. The number of amides is 2. The van der Waals surface area contributed by atoms with Crippen LogP contribution in [0.1, 0.15) is 36.0 Å². The fourth-order valence-electron chi connectivity index (χ4n) is 2.93. The van der Waals surface area contributed by atoms with E-state index < -0.39 is 0 Å².